The van der Waals surface area contributed by atoms with Crippen molar-refractivity contribution in [3.63, 3.8) is 0 Å². The van der Waals surface area contributed by atoms with Crippen LogP contribution in [0.3, 0.4) is 0 Å². The summed E-state index contributed by atoms with van der Waals surface area (Å²) in [6.45, 7) is 8.94. The second-order valence-corrected chi connectivity index (χ2v) is 6.16. The van der Waals surface area contributed by atoms with Gasteiger partial charge in [-0.25, -0.2) is 4.79 Å². The number of nitrogens with zero attached hydrogens (tertiary/aromatic N) is 1. The van der Waals surface area contributed by atoms with Gasteiger partial charge in [0.15, 0.2) is 0 Å². The van der Waals surface area contributed by atoms with E-state index in [1.165, 1.54) is 0 Å². The van der Waals surface area contributed by atoms with Gasteiger partial charge in [-0.15, -0.1) is 0 Å². The SMILES string of the molecule is CCOC(=O)N1CC[C@H](NC(=O)c2[nH]c(C)c(C)c2C)[C@H](OC)C1. The first-order valence-electron chi connectivity index (χ1n) is 8.30. The second-order valence-electron chi connectivity index (χ2n) is 6.16. The van der Waals surface area contributed by atoms with Crippen LogP contribution in [0.1, 0.15) is 40.7 Å². The Balaban J connectivity index is 2.03. The van der Waals surface area contributed by atoms with Crippen molar-refractivity contribution in [2.45, 2.75) is 46.3 Å². The van der Waals surface area contributed by atoms with Gasteiger partial charge in [0.2, 0.25) is 0 Å². The van der Waals surface area contributed by atoms with Crippen molar-refractivity contribution < 1.29 is 19.1 Å². The van der Waals surface area contributed by atoms with Crippen LogP contribution >= 0.6 is 0 Å². The smallest absolute Gasteiger partial charge is 0.409 e. The molecule has 0 unspecified atom stereocenters. The van der Waals surface area contributed by atoms with Gasteiger partial charge in [-0.05, 0) is 45.2 Å². The molecule has 0 saturated carbocycles. The molecule has 1 aromatic rings. The van der Waals surface area contributed by atoms with Gasteiger partial charge in [-0.2, -0.15) is 0 Å². The average Bonchev–Trinajstić information content (AvgIpc) is 2.83. The first-order chi connectivity index (χ1) is 11.4. The van der Waals surface area contributed by atoms with Crippen molar-refractivity contribution in [1.82, 2.24) is 15.2 Å². The molecular formula is C17H27N3O4. The number of ether oxygens (including phenoxy) is 2. The summed E-state index contributed by atoms with van der Waals surface area (Å²) in [5, 5.41) is 3.04. The summed E-state index contributed by atoms with van der Waals surface area (Å²) in [5.74, 6) is -0.139. The van der Waals surface area contributed by atoms with E-state index in [1.54, 1.807) is 18.9 Å². The van der Waals surface area contributed by atoms with Crippen LogP contribution in [0, 0.1) is 20.8 Å². The summed E-state index contributed by atoms with van der Waals surface area (Å²) >= 11 is 0. The molecule has 1 fully saturated rings. The molecule has 2 heterocycles. The van der Waals surface area contributed by atoms with Gasteiger partial charge in [-0.1, -0.05) is 0 Å². The molecule has 1 aliphatic heterocycles. The lowest BCUT2D eigenvalue weighted by atomic mass is 10.0. The molecule has 0 aromatic carbocycles. The summed E-state index contributed by atoms with van der Waals surface area (Å²) in [7, 11) is 1.59. The predicted octanol–water partition coefficient (Wildman–Crippen LogP) is 1.92. The van der Waals surface area contributed by atoms with Crippen LogP contribution in [0.4, 0.5) is 4.79 Å². The standard InChI is InChI=1S/C17H27N3O4/c1-6-24-17(22)20-8-7-13(14(9-20)23-5)19-16(21)15-11(3)10(2)12(4)18-15/h13-14,18H,6-9H2,1-5H3,(H,19,21)/t13-,14+/m0/s1. The van der Waals surface area contributed by atoms with E-state index >= 15 is 0 Å². The zero-order valence-corrected chi connectivity index (χ0v) is 15.1. The Labute approximate surface area is 142 Å². The van der Waals surface area contributed by atoms with Gasteiger partial charge in [0.05, 0.1) is 25.3 Å². The number of carbonyl (C=O) groups is 2. The highest BCUT2D eigenvalue weighted by Crippen LogP contribution is 2.19. The second kappa shape index (κ2) is 7.70. The summed E-state index contributed by atoms with van der Waals surface area (Å²) < 4.78 is 10.5. The first-order valence-corrected chi connectivity index (χ1v) is 8.30. The summed E-state index contributed by atoms with van der Waals surface area (Å²) in [5.41, 5.74) is 3.65. The van der Waals surface area contributed by atoms with E-state index in [2.05, 4.69) is 10.3 Å². The van der Waals surface area contributed by atoms with Crippen LogP contribution in [-0.2, 0) is 9.47 Å². The third-order valence-corrected chi connectivity index (χ3v) is 4.74. The largest absolute Gasteiger partial charge is 0.450 e. The number of hydrogen-bond acceptors (Lipinski definition) is 4. The molecule has 1 aliphatic rings. The Bertz CT molecular complexity index is 611. The highest BCUT2D eigenvalue weighted by molar-refractivity contribution is 5.94. The highest BCUT2D eigenvalue weighted by atomic mass is 16.6. The van der Waals surface area contributed by atoms with E-state index in [9.17, 15) is 9.59 Å². The van der Waals surface area contributed by atoms with E-state index in [0.29, 0.717) is 31.8 Å². The summed E-state index contributed by atoms with van der Waals surface area (Å²) in [6.07, 6.45) is 0.0289. The Morgan fingerprint density at radius 1 is 1.29 bits per heavy atom. The number of rotatable bonds is 4. The van der Waals surface area contributed by atoms with Gasteiger partial charge in [0.25, 0.3) is 5.91 Å². The van der Waals surface area contributed by atoms with Crippen molar-refractivity contribution in [3.05, 3.63) is 22.5 Å². The molecule has 1 aromatic heterocycles. The number of nitrogens with one attached hydrogen (secondary N) is 2. The first kappa shape index (κ1) is 18.3. The number of hydrogen-bond donors (Lipinski definition) is 2. The third kappa shape index (κ3) is 3.72. The fraction of sp³-hybridized carbons (Fsp3) is 0.647. The Morgan fingerprint density at radius 2 is 2.00 bits per heavy atom. The molecule has 2 N–H and O–H groups in total. The monoisotopic (exact) mass is 337 g/mol. The topological polar surface area (TPSA) is 83.7 Å². The molecule has 1 saturated heterocycles. The van der Waals surface area contributed by atoms with Crippen LogP contribution in [0.25, 0.3) is 0 Å². The normalized spacial score (nSPS) is 20.8. The number of piperidine rings is 1. The number of methoxy groups -OCH3 is 1. The molecule has 0 aliphatic carbocycles. The van der Waals surface area contributed by atoms with Gasteiger partial charge in [0.1, 0.15) is 5.69 Å². The average molecular weight is 337 g/mol. The fourth-order valence-electron chi connectivity index (χ4n) is 3.01. The predicted molar refractivity (Wildman–Crippen MR) is 90.3 cm³/mol. The van der Waals surface area contributed by atoms with E-state index in [-0.39, 0.29) is 24.1 Å². The number of aryl methyl sites for hydroxylation is 1. The minimum absolute atomic E-state index is 0.139. The van der Waals surface area contributed by atoms with Gasteiger partial charge >= 0.3 is 6.09 Å². The Hall–Kier alpha value is -2.02. The van der Waals surface area contributed by atoms with Crippen molar-refractivity contribution in [3.8, 4) is 0 Å². The number of carbonyl (C=O) groups excluding carboxylic acids is 2. The zero-order valence-electron chi connectivity index (χ0n) is 15.1. The van der Waals surface area contributed by atoms with Crippen molar-refractivity contribution in [1.29, 1.82) is 0 Å². The highest BCUT2D eigenvalue weighted by Gasteiger charge is 2.33. The molecule has 0 radical (unpaired) electrons. The van der Waals surface area contributed by atoms with Gasteiger partial charge in [-0.3, -0.25) is 4.79 Å². The summed E-state index contributed by atoms with van der Waals surface area (Å²) in [4.78, 5) is 29.2. The molecule has 2 rings (SSSR count). The van der Waals surface area contributed by atoms with Crippen LogP contribution in [-0.4, -0.2) is 60.8 Å². The maximum Gasteiger partial charge on any atom is 0.409 e. The van der Waals surface area contributed by atoms with Crippen molar-refractivity contribution in [2.24, 2.45) is 0 Å². The molecule has 2 atom stereocenters. The fourth-order valence-corrected chi connectivity index (χ4v) is 3.01. The summed E-state index contributed by atoms with van der Waals surface area (Å²) in [6, 6.07) is -0.142. The van der Waals surface area contributed by atoms with Gasteiger partial charge in [0, 0.05) is 19.3 Å². The molecule has 0 bridgehead atoms. The molecule has 2 amide bonds. The van der Waals surface area contributed by atoms with E-state index in [1.807, 2.05) is 20.8 Å². The lowest BCUT2D eigenvalue weighted by Gasteiger charge is -2.37. The van der Waals surface area contributed by atoms with E-state index in [0.717, 1.165) is 16.8 Å². The van der Waals surface area contributed by atoms with Crippen LogP contribution < -0.4 is 5.32 Å². The third-order valence-electron chi connectivity index (χ3n) is 4.74. The molecule has 7 nitrogen and oxygen atoms in total. The number of aromatic nitrogens is 1. The molecule has 7 heteroatoms. The quantitative estimate of drug-likeness (QED) is 0.879. The van der Waals surface area contributed by atoms with Crippen LogP contribution in [0.2, 0.25) is 0 Å². The minimum atomic E-state index is -0.337. The van der Waals surface area contributed by atoms with Crippen molar-refractivity contribution in [2.75, 3.05) is 26.8 Å². The number of H-pyrrole nitrogens is 1. The lowest BCUT2D eigenvalue weighted by molar-refractivity contribution is 0.00449. The lowest BCUT2D eigenvalue weighted by Crippen LogP contribution is -2.56. The molecular weight excluding hydrogens is 310 g/mol. The van der Waals surface area contributed by atoms with Gasteiger partial charge < -0.3 is 24.7 Å². The molecule has 24 heavy (non-hydrogen) atoms. The Morgan fingerprint density at radius 3 is 2.54 bits per heavy atom. The van der Waals surface area contributed by atoms with Crippen LogP contribution in [0.15, 0.2) is 0 Å². The maximum absolute atomic E-state index is 12.6. The molecule has 134 valence electrons. The number of amides is 2. The van der Waals surface area contributed by atoms with Crippen molar-refractivity contribution >= 4 is 12.0 Å². The number of aromatic amines is 1. The van der Waals surface area contributed by atoms with E-state index < -0.39 is 0 Å². The van der Waals surface area contributed by atoms with E-state index in [4.69, 9.17) is 9.47 Å². The maximum atomic E-state index is 12.6. The molecule has 0 spiro atoms. The Kier molecular flexibility index (Phi) is 5.88. The minimum Gasteiger partial charge on any atom is -0.450 e. The van der Waals surface area contributed by atoms with Crippen LogP contribution in [0.5, 0.6) is 0 Å². The number of likely N-dealkylation sites (tertiary alicyclic amines) is 1. The zero-order chi connectivity index (χ0) is 17.9.